The van der Waals surface area contributed by atoms with Crippen LogP contribution in [-0.4, -0.2) is 10.9 Å². The van der Waals surface area contributed by atoms with Crippen molar-refractivity contribution in [2.24, 2.45) is 5.84 Å². The van der Waals surface area contributed by atoms with Crippen molar-refractivity contribution in [2.45, 2.75) is 0 Å². The predicted octanol–water partition coefficient (Wildman–Crippen LogP) is 3.17. The number of hydrazine groups is 1. The summed E-state index contributed by atoms with van der Waals surface area (Å²) in [4.78, 5) is 15.7. The van der Waals surface area contributed by atoms with E-state index in [-0.39, 0.29) is 11.4 Å². The summed E-state index contributed by atoms with van der Waals surface area (Å²) in [6.07, 6.45) is 1.28. The van der Waals surface area contributed by atoms with E-state index in [0.29, 0.717) is 15.2 Å². The molecule has 20 heavy (non-hydrogen) atoms. The Hall–Kier alpha value is -1.70. The molecule has 0 saturated heterocycles. The molecule has 0 aliphatic carbocycles. The number of nitrogen functional groups attached to an aromatic ring is 1. The summed E-state index contributed by atoms with van der Waals surface area (Å²) in [5.41, 5.74) is 2.38. The molecule has 2 aromatic rings. The predicted molar refractivity (Wildman–Crippen MR) is 79.1 cm³/mol. The number of benzene rings is 1. The highest BCUT2D eigenvalue weighted by molar-refractivity contribution is 9.10. The van der Waals surface area contributed by atoms with Gasteiger partial charge in [-0.2, -0.15) is 0 Å². The second-order valence-corrected chi connectivity index (χ2v) is 5.03. The summed E-state index contributed by atoms with van der Waals surface area (Å²) in [5, 5.41) is 3.08. The number of hydrogen-bond acceptors (Lipinski definition) is 4. The van der Waals surface area contributed by atoms with Crippen LogP contribution in [-0.2, 0) is 0 Å². The van der Waals surface area contributed by atoms with Crippen LogP contribution in [0.25, 0.3) is 0 Å². The van der Waals surface area contributed by atoms with Crippen LogP contribution in [0, 0.1) is 5.82 Å². The van der Waals surface area contributed by atoms with Gasteiger partial charge in [0, 0.05) is 15.7 Å². The molecule has 8 heteroatoms. The van der Waals surface area contributed by atoms with E-state index in [0.717, 1.165) is 0 Å². The zero-order valence-electron chi connectivity index (χ0n) is 9.95. The molecule has 0 radical (unpaired) electrons. The van der Waals surface area contributed by atoms with E-state index in [2.05, 4.69) is 31.7 Å². The molecule has 0 aliphatic rings. The van der Waals surface area contributed by atoms with Gasteiger partial charge < -0.3 is 10.7 Å². The molecule has 2 rings (SSSR count). The highest BCUT2D eigenvalue weighted by Crippen LogP contribution is 2.26. The van der Waals surface area contributed by atoms with E-state index in [9.17, 15) is 9.18 Å². The first-order valence-corrected chi connectivity index (χ1v) is 6.57. The Morgan fingerprint density at radius 2 is 2.15 bits per heavy atom. The van der Waals surface area contributed by atoms with Crippen LogP contribution in [0.4, 0.5) is 15.9 Å². The molecule has 1 aromatic heterocycles. The number of carbonyl (C=O) groups excluding carboxylic acids is 1. The Morgan fingerprint density at radius 1 is 1.40 bits per heavy atom. The van der Waals surface area contributed by atoms with Gasteiger partial charge >= 0.3 is 0 Å². The summed E-state index contributed by atoms with van der Waals surface area (Å²) in [6.45, 7) is 0. The molecular weight excluding hydrogens is 351 g/mol. The van der Waals surface area contributed by atoms with Crippen molar-refractivity contribution in [3.8, 4) is 0 Å². The second-order valence-electron chi connectivity index (χ2n) is 3.74. The fourth-order valence-corrected chi connectivity index (χ4v) is 2.28. The number of halogens is 3. The van der Waals surface area contributed by atoms with E-state index in [1.54, 1.807) is 18.2 Å². The average Bonchev–Trinajstić information content (AvgIpc) is 2.42. The third-order valence-corrected chi connectivity index (χ3v) is 3.34. The molecule has 0 aliphatic heterocycles. The summed E-state index contributed by atoms with van der Waals surface area (Å²) in [6, 6.07) is 6.09. The number of nitrogens with two attached hydrogens (primary N) is 1. The molecule has 0 spiro atoms. The van der Waals surface area contributed by atoms with Crippen LogP contribution >= 0.6 is 27.5 Å². The third kappa shape index (κ3) is 3.06. The minimum absolute atomic E-state index is 0.171. The normalized spacial score (nSPS) is 10.2. The molecule has 5 nitrogen and oxygen atoms in total. The average molecular weight is 360 g/mol. The van der Waals surface area contributed by atoms with Gasteiger partial charge in [-0.3, -0.25) is 4.79 Å². The molecule has 1 aromatic carbocycles. The number of rotatable bonds is 3. The lowest BCUT2D eigenvalue weighted by atomic mass is 10.2. The zero-order valence-corrected chi connectivity index (χ0v) is 12.3. The standard InChI is InChI=1S/C12H9BrClFN4O/c13-8-5-6(14)1-2-9(8)18-12(20)7-3-4-17-11(19-16)10(7)15/h1-5H,16H2,(H,17,19)(H,18,20). The Morgan fingerprint density at radius 3 is 2.80 bits per heavy atom. The zero-order chi connectivity index (χ0) is 14.7. The van der Waals surface area contributed by atoms with Crippen LogP contribution in [0.2, 0.25) is 5.02 Å². The van der Waals surface area contributed by atoms with Gasteiger partial charge in [0.05, 0.1) is 11.3 Å². The van der Waals surface area contributed by atoms with Crippen molar-refractivity contribution in [3.63, 3.8) is 0 Å². The van der Waals surface area contributed by atoms with Gasteiger partial charge in [-0.15, -0.1) is 0 Å². The van der Waals surface area contributed by atoms with Gasteiger partial charge in [0.15, 0.2) is 11.6 Å². The quantitative estimate of drug-likeness (QED) is 0.581. The lowest BCUT2D eigenvalue weighted by molar-refractivity contribution is 0.102. The van der Waals surface area contributed by atoms with Crippen LogP contribution in [0.3, 0.4) is 0 Å². The van der Waals surface area contributed by atoms with Crippen molar-refractivity contribution in [1.29, 1.82) is 0 Å². The summed E-state index contributed by atoms with van der Waals surface area (Å²) in [5.74, 6) is 3.46. The fourth-order valence-electron chi connectivity index (χ4n) is 1.50. The molecule has 1 heterocycles. The first-order valence-electron chi connectivity index (χ1n) is 5.40. The van der Waals surface area contributed by atoms with E-state index < -0.39 is 11.7 Å². The topological polar surface area (TPSA) is 80.0 Å². The summed E-state index contributed by atoms with van der Waals surface area (Å²) >= 11 is 9.06. The maximum absolute atomic E-state index is 13.9. The molecular formula is C12H9BrClFN4O. The number of carbonyl (C=O) groups is 1. The molecule has 0 bridgehead atoms. The number of amides is 1. The fraction of sp³-hybridized carbons (Fsp3) is 0. The Kier molecular flexibility index (Phi) is 4.53. The number of nitrogens with zero attached hydrogens (tertiary/aromatic N) is 1. The van der Waals surface area contributed by atoms with Crippen LogP contribution in [0.15, 0.2) is 34.9 Å². The Labute approximate surface area is 127 Å². The maximum atomic E-state index is 13.9. The molecule has 0 atom stereocenters. The van der Waals surface area contributed by atoms with Gasteiger partial charge in [-0.1, -0.05) is 11.6 Å². The van der Waals surface area contributed by atoms with Crippen LogP contribution < -0.4 is 16.6 Å². The Balaban J connectivity index is 2.28. The second kappa shape index (κ2) is 6.17. The first-order chi connectivity index (χ1) is 9.52. The van der Waals surface area contributed by atoms with Crippen LogP contribution in [0.5, 0.6) is 0 Å². The van der Waals surface area contributed by atoms with E-state index in [4.69, 9.17) is 17.4 Å². The largest absolute Gasteiger partial charge is 0.321 e. The minimum Gasteiger partial charge on any atom is -0.321 e. The van der Waals surface area contributed by atoms with Crippen molar-refractivity contribution < 1.29 is 9.18 Å². The van der Waals surface area contributed by atoms with Crippen LogP contribution in [0.1, 0.15) is 10.4 Å². The van der Waals surface area contributed by atoms with Gasteiger partial charge in [0.1, 0.15) is 0 Å². The highest BCUT2D eigenvalue weighted by Gasteiger charge is 2.16. The SMILES string of the molecule is NNc1nccc(C(=O)Nc2ccc(Cl)cc2Br)c1F. The molecule has 0 fully saturated rings. The number of aromatic nitrogens is 1. The molecule has 0 saturated carbocycles. The lowest BCUT2D eigenvalue weighted by Crippen LogP contribution is -2.17. The van der Waals surface area contributed by atoms with Crippen molar-refractivity contribution in [2.75, 3.05) is 10.7 Å². The molecule has 4 N–H and O–H groups in total. The third-order valence-electron chi connectivity index (χ3n) is 2.45. The van der Waals surface area contributed by atoms with Gasteiger partial charge in [0.25, 0.3) is 5.91 Å². The molecule has 104 valence electrons. The smallest absolute Gasteiger partial charge is 0.258 e. The number of anilines is 2. The number of hydrogen-bond donors (Lipinski definition) is 3. The van der Waals surface area contributed by atoms with Crippen molar-refractivity contribution in [3.05, 3.63) is 51.3 Å². The summed E-state index contributed by atoms with van der Waals surface area (Å²) in [7, 11) is 0. The minimum atomic E-state index is -0.822. The van der Waals surface area contributed by atoms with Crippen molar-refractivity contribution >= 4 is 44.9 Å². The van der Waals surface area contributed by atoms with Gasteiger partial charge in [-0.25, -0.2) is 15.2 Å². The molecule has 0 unspecified atom stereocenters. The Bertz CT molecular complexity index is 668. The lowest BCUT2D eigenvalue weighted by Gasteiger charge is -2.09. The summed E-state index contributed by atoms with van der Waals surface area (Å²) < 4.78 is 14.5. The maximum Gasteiger partial charge on any atom is 0.258 e. The van der Waals surface area contributed by atoms with E-state index >= 15 is 0 Å². The number of nitrogens with one attached hydrogen (secondary N) is 2. The number of pyridine rings is 1. The van der Waals surface area contributed by atoms with Crippen molar-refractivity contribution in [1.82, 2.24) is 4.98 Å². The first kappa shape index (κ1) is 14.7. The van der Waals surface area contributed by atoms with E-state index in [1.807, 2.05) is 0 Å². The monoisotopic (exact) mass is 358 g/mol. The highest BCUT2D eigenvalue weighted by atomic mass is 79.9. The molecule has 1 amide bonds. The van der Waals surface area contributed by atoms with E-state index in [1.165, 1.54) is 12.3 Å². The van der Waals surface area contributed by atoms with Gasteiger partial charge in [0.2, 0.25) is 0 Å². The van der Waals surface area contributed by atoms with Gasteiger partial charge in [-0.05, 0) is 40.2 Å².